The molecule has 30 heavy (non-hydrogen) atoms. The molecule has 0 aromatic heterocycles. The number of nitrogens with zero attached hydrogens (tertiary/aromatic N) is 3. The molecule has 2 aliphatic rings. The van der Waals surface area contributed by atoms with Crippen LogP contribution >= 0.6 is 24.0 Å². The summed E-state index contributed by atoms with van der Waals surface area (Å²) in [7, 11) is 1.86. The lowest BCUT2D eigenvalue weighted by Crippen LogP contribution is -2.43. The standard InChI is InChI=1S/C24H32N4O.HI/c1-25-24(28-15-10-21-4-2-3-5-22(21)18-28)26-16-19-6-8-20(9-7-19)17-27-13-11-23(29)12-14-27;/h2-9,23,29H,10-18H2,1H3,(H,25,26);1H. The van der Waals surface area contributed by atoms with Crippen molar-refractivity contribution in [3.05, 3.63) is 70.8 Å². The van der Waals surface area contributed by atoms with E-state index in [-0.39, 0.29) is 30.1 Å². The molecule has 0 radical (unpaired) electrons. The van der Waals surface area contributed by atoms with Gasteiger partial charge in [-0.3, -0.25) is 9.89 Å². The Hall–Kier alpha value is -1.64. The lowest BCUT2D eigenvalue weighted by atomic mass is 10.0. The van der Waals surface area contributed by atoms with Crippen molar-refractivity contribution in [2.75, 3.05) is 26.7 Å². The average molecular weight is 520 g/mol. The van der Waals surface area contributed by atoms with Gasteiger partial charge in [-0.2, -0.15) is 0 Å². The molecule has 2 N–H and O–H groups in total. The highest BCUT2D eigenvalue weighted by Crippen LogP contribution is 2.19. The van der Waals surface area contributed by atoms with Crippen molar-refractivity contribution in [3.8, 4) is 0 Å². The molecule has 6 heteroatoms. The molecule has 0 bridgehead atoms. The van der Waals surface area contributed by atoms with Gasteiger partial charge in [-0.05, 0) is 41.5 Å². The predicted molar refractivity (Wildman–Crippen MR) is 133 cm³/mol. The molecule has 162 valence electrons. The van der Waals surface area contributed by atoms with E-state index in [1.54, 1.807) is 0 Å². The average Bonchev–Trinajstić information content (AvgIpc) is 2.77. The monoisotopic (exact) mass is 520 g/mol. The number of nitrogens with one attached hydrogen (secondary N) is 1. The van der Waals surface area contributed by atoms with Crippen LogP contribution in [0.2, 0.25) is 0 Å². The fourth-order valence-corrected chi connectivity index (χ4v) is 4.29. The first kappa shape index (κ1) is 23.0. The Bertz CT molecular complexity index is 831. The summed E-state index contributed by atoms with van der Waals surface area (Å²) < 4.78 is 0. The normalized spacial score (nSPS) is 17.9. The van der Waals surface area contributed by atoms with E-state index in [2.05, 4.69) is 68.6 Å². The third kappa shape index (κ3) is 5.95. The van der Waals surface area contributed by atoms with Crippen molar-refractivity contribution in [3.63, 3.8) is 0 Å². The molecule has 1 saturated heterocycles. The minimum atomic E-state index is -0.109. The zero-order chi connectivity index (χ0) is 20.1. The van der Waals surface area contributed by atoms with Crippen LogP contribution in [0.5, 0.6) is 0 Å². The lowest BCUT2D eigenvalue weighted by molar-refractivity contribution is 0.0792. The van der Waals surface area contributed by atoms with Crippen molar-refractivity contribution in [2.24, 2.45) is 4.99 Å². The maximum Gasteiger partial charge on any atom is 0.194 e. The van der Waals surface area contributed by atoms with Crippen molar-refractivity contribution in [2.45, 2.75) is 45.0 Å². The van der Waals surface area contributed by atoms with Gasteiger partial charge in [0.25, 0.3) is 0 Å². The highest BCUT2D eigenvalue weighted by atomic mass is 127. The van der Waals surface area contributed by atoms with Crippen molar-refractivity contribution in [1.29, 1.82) is 0 Å². The molecular weight excluding hydrogens is 487 g/mol. The second-order valence-corrected chi connectivity index (χ2v) is 8.16. The van der Waals surface area contributed by atoms with Crippen LogP contribution in [-0.4, -0.2) is 53.7 Å². The van der Waals surface area contributed by atoms with Gasteiger partial charge in [-0.15, -0.1) is 24.0 Å². The number of fused-ring (bicyclic) bond motifs is 1. The number of benzene rings is 2. The lowest BCUT2D eigenvalue weighted by Gasteiger charge is -2.31. The van der Waals surface area contributed by atoms with Crippen LogP contribution < -0.4 is 5.32 Å². The smallest absolute Gasteiger partial charge is 0.194 e. The summed E-state index contributed by atoms with van der Waals surface area (Å²) in [6.45, 7) is 5.63. The zero-order valence-corrected chi connectivity index (χ0v) is 20.1. The van der Waals surface area contributed by atoms with Crippen LogP contribution in [0.15, 0.2) is 53.5 Å². The maximum absolute atomic E-state index is 9.65. The Labute approximate surface area is 197 Å². The van der Waals surface area contributed by atoms with Crippen LogP contribution in [-0.2, 0) is 26.1 Å². The molecule has 2 heterocycles. The van der Waals surface area contributed by atoms with Crippen molar-refractivity contribution in [1.82, 2.24) is 15.1 Å². The molecule has 2 aromatic rings. The van der Waals surface area contributed by atoms with Gasteiger partial charge in [0.1, 0.15) is 0 Å². The fraction of sp³-hybridized carbons (Fsp3) is 0.458. The number of hydrogen-bond acceptors (Lipinski definition) is 3. The summed E-state index contributed by atoms with van der Waals surface area (Å²) in [6.07, 6.45) is 2.74. The summed E-state index contributed by atoms with van der Waals surface area (Å²) in [5, 5.41) is 13.2. The number of halogens is 1. The largest absolute Gasteiger partial charge is 0.393 e. The van der Waals surface area contributed by atoms with Crippen molar-refractivity contribution >= 4 is 29.9 Å². The predicted octanol–water partition coefficient (Wildman–Crippen LogP) is 3.40. The van der Waals surface area contributed by atoms with Gasteiger partial charge in [-0.1, -0.05) is 48.5 Å². The third-order valence-corrected chi connectivity index (χ3v) is 6.08. The third-order valence-electron chi connectivity index (χ3n) is 6.08. The van der Waals surface area contributed by atoms with E-state index in [4.69, 9.17) is 0 Å². The molecule has 0 amide bonds. The Balaban J connectivity index is 0.00000256. The van der Waals surface area contributed by atoms with Gasteiger partial charge in [0, 0.05) is 46.3 Å². The van der Waals surface area contributed by atoms with E-state index >= 15 is 0 Å². The van der Waals surface area contributed by atoms with Gasteiger partial charge in [0.2, 0.25) is 0 Å². The van der Waals surface area contributed by atoms with E-state index in [1.165, 1.54) is 22.3 Å². The van der Waals surface area contributed by atoms with Gasteiger partial charge in [0.05, 0.1) is 6.10 Å². The topological polar surface area (TPSA) is 51.1 Å². The number of guanidine groups is 1. The molecule has 4 rings (SSSR count). The van der Waals surface area contributed by atoms with E-state index in [0.717, 1.165) is 64.5 Å². The number of hydrogen-bond donors (Lipinski definition) is 2. The van der Waals surface area contributed by atoms with E-state index in [1.807, 2.05) is 7.05 Å². The van der Waals surface area contributed by atoms with Crippen molar-refractivity contribution < 1.29 is 5.11 Å². The van der Waals surface area contributed by atoms with E-state index < -0.39 is 0 Å². The number of piperidine rings is 1. The maximum atomic E-state index is 9.65. The van der Waals surface area contributed by atoms with Crippen LogP contribution in [0.3, 0.4) is 0 Å². The van der Waals surface area contributed by atoms with Crippen LogP contribution in [0, 0.1) is 0 Å². The molecule has 0 aliphatic carbocycles. The molecule has 0 spiro atoms. The minimum Gasteiger partial charge on any atom is -0.393 e. The molecular formula is C24H33IN4O. The molecule has 2 aliphatic heterocycles. The second kappa shape index (κ2) is 11.1. The molecule has 0 saturated carbocycles. The second-order valence-electron chi connectivity index (χ2n) is 8.16. The molecule has 1 fully saturated rings. The zero-order valence-electron chi connectivity index (χ0n) is 17.8. The summed E-state index contributed by atoms with van der Waals surface area (Å²) in [4.78, 5) is 9.27. The number of aliphatic hydroxyl groups is 1. The van der Waals surface area contributed by atoms with Gasteiger partial charge < -0.3 is 15.3 Å². The Kier molecular flexibility index (Phi) is 8.53. The number of aliphatic hydroxyl groups excluding tert-OH is 1. The SMILES string of the molecule is CN=C(NCc1ccc(CN2CCC(O)CC2)cc1)N1CCc2ccccc2C1.I. The van der Waals surface area contributed by atoms with Crippen LogP contribution in [0.4, 0.5) is 0 Å². The fourth-order valence-electron chi connectivity index (χ4n) is 4.29. The molecule has 2 aromatic carbocycles. The van der Waals surface area contributed by atoms with Gasteiger partial charge in [0.15, 0.2) is 5.96 Å². The first-order valence-electron chi connectivity index (χ1n) is 10.7. The quantitative estimate of drug-likeness (QED) is 0.369. The van der Waals surface area contributed by atoms with Gasteiger partial charge >= 0.3 is 0 Å². The first-order chi connectivity index (χ1) is 14.2. The molecule has 0 unspecified atom stereocenters. The van der Waals surface area contributed by atoms with Crippen LogP contribution in [0.25, 0.3) is 0 Å². The van der Waals surface area contributed by atoms with E-state index in [9.17, 15) is 5.11 Å². The number of aliphatic imine (C=N–C) groups is 1. The summed E-state index contributed by atoms with van der Waals surface area (Å²) >= 11 is 0. The number of likely N-dealkylation sites (tertiary alicyclic amines) is 1. The Morgan fingerprint density at radius 1 is 1.00 bits per heavy atom. The minimum absolute atomic E-state index is 0. The summed E-state index contributed by atoms with van der Waals surface area (Å²) in [5.74, 6) is 0.968. The van der Waals surface area contributed by atoms with Crippen LogP contribution in [0.1, 0.15) is 35.1 Å². The first-order valence-corrected chi connectivity index (χ1v) is 10.7. The van der Waals surface area contributed by atoms with Gasteiger partial charge in [-0.25, -0.2) is 0 Å². The highest BCUT2D eigenvalue weighted by molar-refractivity contribution is 14.0. The highest BCUT2D eigenvalue weighted by Gasteiger charge is 2.19. The summed E-state index contributed by atoms with van der Waals surface area (Å²) in [5.41, 5.74) is 5.46. The number of rotatable bonds is 4. The van der Waals surface area contributed by atoms with E-state index in [0.29, 0.717) is 0 Å². The summed E-state index contributed by atoms with van der Waals surface area (Å²) in [6, 6.07) is 17.6. The molecule has 5 nitrogen and oxygen atoms in total. The molecule has 0 atom stereocenters. The Morgan fingerprint density at radius 2 is 1.67 bits per heavy atom. The Morgan fingerprint density at radius 3 is 2.37 bits per heavy atom.